The van der Waals surface area contributed by atoms with Crippen molar-refractivity contribution < 1.29 is 4.90 Å². The Morgan fingerprint density at radius 3 is 2.71 bits per heavy atom. The van der Waals surface area contributed by atoms with Crippen LogP contribution in [0, 0.1) is 0 Å². The fourth-order valence-corrected chi connectivity index (χ4v) is 1.92. The minimum absolute atomic E-state index is 0.764. The van der Waals surface area contributed by atoms with Crippen LogP contribution in [0.5, 0.6) is 0 Å². The number of hydrogen-bond acceptors (Lipinski definition) is 1. The SMILES string of the molecule is C=CCNC(=S)N1CC[NH+](CC)CC1. The summed E-state index contributed by atoms with van der Waals surface area (Å²) in [5, 5.41) is 4.04. The Morgan fingerprint density at radius 1 is 1.57 bits per heavy atom. The number of likely N-dealkylation sites (N-methyl/N-ethyl adjacent to an activating group) is 1. The molecule has 3 nitrogen and oxygen atoms in total. The van der Waals surface area contributed by atoms with Gasteiger partial charge >= 0.3 is 0 Å². The van der Waals surface area contributed by atoms with Crippen molar-refractivity contribution in [2.45, 2.75) is 6.92 Å². The van der Waals surface area contributed by atoms with E-state index in [2.05, 4.69) is 23.7 Å². The Kier molecular flexibility index (Phi) is 4.90. The van der Waals surface area contributed by atoms with Gasteiger partial charge in [0.1, 0.15) is 0 Å². The predicted molar refractivity (Wildman–Crippen MR) is 63.6 cm³/mol. The first-order chi connectivity index (χ1) is 6.77. The topological polar surface area (TPSA) is 19.7 Å². The maximum Gasteiger partial charge on any atom is 0.169 e. The van der Waals surface area contributed by atoms with Gasteiger partial charge in [-0.15, -0.1) is 6.58 Å². The molecule has 0 atom stereocenters. The van der Waals surface area contributed by atoms with Crippen LogP contribution in [0.1, 0.15) is 6.92 Å². The maximum atomic E-state index is 5.27. The number of nitrogens with zero attached hydrogens (tertiary/aromatic N) is 1. The molecule has 1 saturated heterocycles. The van der Waals surface area contributed by atoms with E-state index in [9.17, 15) is 0 Å². The maximum absolute atomic E-state index is 5.27. The van der Waals surface area contributed by atoms with Crippen molar-refractivity contribution in [2.24, 2.45) is 0 Å². The third kappa shape index (κ3) is 3.27. The molecule has 1 rings (SSSR count). The summed E-state index contributed by atoms with van der Waals surface area (Å²) in [6.45, 7) is 12.4. The van der Waals surface area contributed by atoms with Gasteiger partial charge in [0.25, 0.3) is 0 Å². The van der Waals surface area contributed by atoms with Crippen LogP contribution in [0.4, 0.5) is 0 Å². The second kappa shape index (κ2) is 5.98. The summed E-state index contributed by atoms with van der Waals surface area (Å²) >= 11 is 5.27. The van der Waals surface area contributed by atoms with Crippen molar-refractivity contribution in [1.82, 2.24) is 10.2 Å². The van der Waals surface area contributed by atoms with Crippen LogP contribution >= 0.6 is 12.2 Å². The lowest BCUT2D eigenvalue weighted by Gasteiger charge is -2.33. The molecule has 1 fully saturated rings. The number of piperazine rings is 1. The first-order valence-corrected chi connectivity index (χ1v) is 5.66. The molecule has 0 saturated carbocycles. The van der Waals surface area contributed by atoms with E-state index >= 15 is 0 Å². The van der Waals surface area contributed by atoms with Gasteiger partial charge in [0, 0.05) is 6.54 Å². The van der Waals surface area contributed by atoms with E-state index in [1.165, 1.54) is 19.6 Å². The van der Waals surface area contributed by atoms with E-state index in [1.807, 2.05) is 6.08 Å². The van der Waals surface area contributed by atoms with Crippen molar-refractivity contribution in [3.8, 4) is 0 Å². The minimum atomic E-state index is 0.764. The molecule has 1 aliphatic heterocycles. The van der Waals surface area contributed by atoms with Gasteiger partial charge in [-0.1, -0.05) is 6.08 Å². The Bertz CT molecular complexity index is 198. The van der Waals surface area contributed by atoms with Gasteiger partial charge in [-0.3, -0.25) is 0 Å². The summed E-state index contributed by atoms with van der Waals surface area (Å²) in [7, 11) is 0. The molecule has 0 aromatic heterocycles. The fourth-order valence-electron chi connectivity index (χ4n) is 1.65. The van der Waals surface area contributed by atoms with E-state index in [1.54, 1.807) is 4.90 Å². The molecule has 0 amide bonds. The highest BCUT2D eigenvalue weighted by Gasteiger charge is 2.19. The molecule has 0 spiro atoms. The monoisotopic (exact) mass is 214 g/mol. The molecular weight excluding hydrogens is 194 g/mol. The molecule has 0 unspecified atom stereocenters. The summed E-state index contributed by atoms with van der Waals surface area (Å²) in [5.41, 5.74) is 0. The molecule has 4 heteroatoms. The summed E-state index contributed by atoms with van der Waals surface area (Å²) in [5.74, 6) is 0. The van der Waals surface area contributed by atoms with Gasteiger partial charge in [0.2, 0.25) is 0 Å². The van der Waals surface area contributed by atoms with Gasteiger partial charge in [-0.2, -0.15) is 0 Å². The molecule has 0 aromatic rings. The lowest BCUT2D eigenvalue weighted by Crippen LogP contribution is -3.14. The second-order valence-electron chi connectivity index (χ2n) is 3.57. The van der Waals surface area contributed by atoms with Gasteiger partial charge in [0.15, 0.2) is 5.11 Å². The Hall–Kier alpha value is -0.610. The minimum Gasteiger partial charge on any atom is -0.359 e. The smallest absolute Gasteiger partial charge is 0.169 e. The molecule has 0 radical (unpaired) electrons. The van der Waals surface area contributed by atoms with Crippen molar-refractivity contribution in [3.63, 3.8) is 0 Å². The Labute approximate surface area is 91.8 Å². The van der Waals surface area contributed by atoms with E-state index in [4.69, 9.17) is 12.2 Å². The van der Waals surface area contributed by atoms with Crippen molar-refractivity contribution >= 4 is 17.3 Å². The molecule has 80 valence electrons. The van der Waals surface area contributed by atoms with Crippen LogP contribution in [0.2, 0.25) is 0 Å². The average Bonchev–Trinajstić information content (AvgIpc) is 2.26. The van der Waals surface area contributed by atoms with Crippen LogP contribution in [-0.2, 0) is 0 Å². The molecule has 0 aliphatic carbocycles. The first kappa shape index (κ1) is 11.5. The van der Waals surface area contributed by atoms with Gasteiger partial charge < -0.3 is 15.1 Å². The van der Waals surface area contributed by atoms with Crippen molar-refractivity contribution in [3.05, 3.63) is 12.7 Å². The normalized spacial score (nSPS) is 17.9. The summed E-state index contributed by atoms with van der Waals surface area (Å²) in [4.78, 5) is 3.92. The molecule has 14 heavy (non-hydrogen) atoms. The third-order valence-electron chi connectivity index (χ3n) is 2.66. The van der Waals surface area contributed by atoms with E-state index < -0.39 is 0 Å². The average molecular weight is 214 g/mol. The van der Waals surface area contributed by atoms with Crippen LogP contribution in [-0.4, -0.2) is 49.3 Å². The molecule has 0 bridgehead atoms. The van der Waals surface area contributed by atoms with Crippen LogP contribution in [0.15, 0.2) is 12.7 Å². The van der Waals surface area contributed by atoms with Crippen LogP contribution < -0.4 is 10.2 Å². The highest BCUT2D eigenvalue weighted by molar-refractivity contribution is 7.80. The number of rotatable bonds is 3. The van der Waals surface area contributed by atoms with E-state index in [0.717, 1.165) is 24.7 Å². The number of hydrogen-bond donors (Lipinski definition) is 2. The van der Waals surface area contributed by atoms with Crippen molar-refractivity contribution in [1.29, 1.82) is 0 Å². The van der Waals surface area contributed by atoms with Gasteiger partial charge in [-0.25, -0.2) is 0 Å². The molecule has 1 aliphatic rings. The second-order valence-corrected chi connectivity index (χ2v) is 3.95. The van der Waals surface area contributed by atoms with Crippen LogP contribution in [0.3, 0.4) is 0 Å². The zero-order chi connectivity index (χ0) is 10.4. The molecule has 1 heterocycles. The quantitative estimate of drug-likeness (QED) is 0.477. The molecule has 0 aromatic carbocycles. The summed E-state index contributed by atoms with van der Waals surface area (Å²) < 4.78 is 0. The Morgan fingerprint density at radius 2 is 2.21 bits per heavy atom. The fraction of sp³-hybridized carbons (Fsp3) is 0.700. The number of quaternary nitrogens is 1. The first-order valence-electron chi connectivity index (χ1n) is 5.25. The third-order valence-corrected chi connectivity index (χ3v) is 3.06. The van der Waals surface area contributed by atoms with Gasteiger partial charge in [-0.05, 0) is 19.1 Å². The van der Waals surface area contributed by atoms with E-state index in [0.29, 0.717) is 0 Å². The Balaban J connectivity index is 2.26. The predicted octanol–water partition coefficient (Wildman–Crippen LogP) is -0.733. The molecule has 2 N–H and O–H groups in total. The largest absolute Gasteiger partial charge is 0.359 e. The number of nitrogens with one attached hydrogen (secondary N) is 2. The zero-order valence-electron chi connectivity index (χ0n) is 8.88. The standard InChI is InChI=1S/C10H19N3S/c1-3-5-11-10(14)13-8-6-12(4-2)7-9-13/h3H,1,4-9H2,2H3,(H,11,14)/p+1. The van der Waals surface area contributed by atoms with E-state index in [-0.39, 0.29) is 0 Å². The summed E-state index contributed by atoms with van der Waals surface area (Å²) in [6, 6.07) is 0. The lowest BCUT2D eigenvalue weighted by molar-refractivity contribution is -0.902. The lowest BCUT2D eigenvalue weighted by atomic mass is 10.3. The van der Waals surface area contributed by atoms with Crippen LogP contribution in [0.25, 0.3) is 0 Å². The number of thiocarbonyl (C=S) groups is 1. The van der Waals surface area contributed by atoms with Gasteiger partial charge in [0.05, 0.1) is 32.7 Å². The summed E-state index contributed by atoms with van der Waals surface area (Å²) in [6.07, 6.45) is 1.83. The highest BCUT2D eigenvalue weighted by Crippen LogP contribution is 1.90. The zero-order valence-corrected chi connectivity index (χ0v) is 9.70. The van der Waals surface area contributed by atoms with Crippen molar-refractivity contribution in [2.75, 3.05) is 39.3 Å². The highest BCUT2D eigenvalue weighted by atomic mass is 32.1. The molecular formula is C10H20N3S+.